The summed E-state index contributed by atoms with van der Waals surface area (Å²) in [5, 5.41) is 5.29. The first-order valence-corrected chi connectivity index (χ1v) is 8.66. The Morgan fingerprint density at radius 3 is 2.73 bits per heavy atom. The molecule has 0 aliphatic heterocycles. The van der Waals surface area contributed by atoms with Crippen molar-refractivity contribution in [2.75, 3.05) is 11.9 Å². The molecule has 2 heterocycles. The molecule has 118 valence electrons. The Morgan fingerprint density at radius 2 is 2.14 bits per heavy atom. The first-order chi connectivity index (χ1) is 10.6. The van der Waals surface area contributed by atoms with Crippen LogP contribution in [-0.2, 0) is 6.54 Å². The van der Waals surface area contributed by atoms with Crippen LogP contribution in [0, 0.1) is 0 Å². The van der Waals surface area contributed by atoms with Crippen molar-refractivity contribution in [1.82, 2.24) is 9.97 Å². The van der Waals surface area contributed by atoms with Crippen molar-refractivity contribution in [2.24, 2.45) is 10.7 Å². The highest BCUT2D eigenvalue weighted by molar-refractivity contribution is 7.20. The Hall–Kier alpha value is -1.64. The quantitative estimate of drug-likeness (QED) is 0.437. The number of carbonyl (C=O) groups excluding carboxylic acids is 1. The van der Waals surface area contributed by atoms with E-state index in [9.17, 15) is 4.79 Å². The molecular formula is C14H19N5OS2. The van der Waals surface area contributed by atoms with Gasteiger partial charge in [0.05, 0.1) is 0 Å². The van der Waals surface area contributed by atoms with Gasteiger partial charge >= 0.3 is 0 Å². The van der Waals surface area contributed by atoms with E-state index in [1.54, 1.807) is 0 Å². The zero-order valence-electron chi connectivity index (χ0n) is 12.7. The van der Waals surface area contributed by atoms with Crippen LogP contribution >= 0.6 is 22.7 Å². The molecule has 0 bridgehead atoms. The molecule has 0 unspecified atom stereocenters. The van der Waals surface area contributed by atoms with Crippen molar-refractivity contribution in [3.8, 4) is 11.4 Å². The monoisotopic (exact) mass is 337 g/mol. The molecule has 0 aliphatic rings. The lowest BCUT2D eigenvalue weighted by atomic mass is 10.2. The van der Waals surface area contributed by atoms with Crippen LogP contribution in [0.1, 0.15) is 41.4 Å². The van der Waals surface area contributed by atoms with E-state index in [1.807, 2.05) is 0 Å². The van der Waals surface area contributed by atoms with Crippen LogP contribution in [0.15, 0.2) is 4.99 Å². The van der Waals surface area contributed by atoms with Gasteiger partial charge in [0.15, 0.2) is 10.8 Å². The van der Waals surface area contributed by atoms with Crippen LogP contribution in [0.5, 0.6) is 0 Å². The Labute approximate surface area is 137 Å². The van der Waals surface area contributed by atoms with Gasteiger partial charge in [0.2, 0.25) is 5.13 Å². The highest BCUT2D eigenvalue weighted by atomic mass is 32.1. The Morgan fingerprint density at radius 1 is 1.36 bits per heavy atom. The first kappa shape index (κ1) is 16.7. The van der Waals surface area contributed by atoms with Gasteiger partial charge in [-0.15, -0.1) is 11.3 Å². The van der Waals surface area contributed by atoms with Crippen LogP contribution in [0.4, 0.5) is 10.1 Å². The fourth-order valence-electron chi connectivity index (χ4n) is 1.86. The first-order valence-electron chi connectivity index (χ1n) is 7.03. The molecule has 3 N–H and O–H groups in total. The van der Waals surface area contributed by atoms with Gasteiger partial charge in [-0.05, 0) is 13.1 Å². The second kappa shape index (κ2) is 7.57. The van der Waals surface area contributed by atoms with E-state index in [0.717, 1.165) is 29.3 Å². The van der Waals surface area contributed by atoms with Gasteiger partial charge in [-0.25, -0.2) is 15.0 Å². The Bertz CT molecular complexity index is 677. The van der Waals surface area contributed by atoms with Crippen LogP contribution in [0.25, 0.3) is 11.4 Å². The van der Waals surface area contributed by atoms with Crippen LogP contribution in [0.3, 0.4) is 0 Å². The largest absolute Gasteiger partial charge is 0.375 e. The van der Waals surface area contributed by atoms with Crippen LogP contribution < -0.4 is 11.1 Å². The van der Waals surface area contributed by atoms with Crippen molar-refractivity contribution in [3.05, 3.63) is 9.88 Å². The maximum absolute atomic E-state index is 11.6. The molecule has 0 spiro atoms. The van der Waals surface area contributed by atoms with Gasteiger partial charge in [-0.2, -0.15) is 0 Å². The molecule has 2 rings (SSSR count). The van der Waals surface area contributed by atoms with Crippen molar-refractivity contribution in [1.29, 1.82) is 0 Å². The lowest BCUT2D eigenvalue weighted by molar-refractivity contribution is 0.101. The van der Waals surface area contributed by atoms with E-state index >= 15 is 0 Å². The van der Waals surface area contributed by atoms with Gasteiger partial charge < -0.3 is 11.1 Å². The third kappa shape index (κ3) is 3.57. The Balaban J connectivity index is 2.43. The van der Waals surface area contributed by atoms with Crippen LogP contribution in [-0.4, -0.2) is 29.0 Å². The number of anilines is 1. The summed E-state index contributed by atoms with van der Waals surface area (Å²) in [4.78, 5) is 25.2. The highest BCUT2D eigenvalue weighted by Gasteiger charge is 2.21. The smallest absolute Gasteiger partial charge is 0.211 e. The van der Waals surface area contributed by atoms with Gasteiger partial charge in [-0.1, -0.05) is 24.7 Å². The van der Waals surface area contributed by atoms with Gasteiger partial charge in [-0.3, -0.25) is 4.79 Å². The van der Waals surface area contributed by atoms with Crippen molar-refractivity contribution in [2.45, 2.75) is 33.2 Å². The zero-order chi connectivity index (χ0) is 16.1. The third-order valence-corrected chi connectivity index (χ3v) is 5.10. The molecular weight excluding hydrogens is 318 g/mol. The lowest BCUT2D eigenvalue weighted by Crippen LogP contribution is -2.02. The number of aliphatic imine (C=N–C) groups is 1. The van der Waals surface area contributed by atoms with E-state index in [-0.39, 0.29) is 5.78 Å². The normalized spacial score (nSPS) is 10.7. The topological polar surface area (TPSA) is 93.3 Å². The number of hydrogen-bond acceptors (Lipinski definition) is 8. The molecule has 22 heavy (non-hydrogen) atoms. The maximum atomic E-state index is 11.6. The molecule has 0 atom stereocenters. The molecule has 2 aromatic rings. The molecule has 8 heteroatoms. The van der Waals surface area contributed by atoms with Crippen molar-refractivity contribution >= 4 is 45.3 Å². The number of aromatic nitrogens is 2. The summed E-state index contributed by atoms with van der Waals surface area (Å²) in [5.74, 6) is -0.0660. The van der Waals surface area contributed by atoms with Gasteiger partial charge in [0, 0.05) is 24.9 Å². The number of hydrogen-bond donors (Lipinski definition) is 2. The number of nitrogens with two attached hydrogens (primary N) is 1. The van der Waals surface area contributed by atoms with E-state index in [4.69, 9.17) is 5.73 Å². The predicted molar refractivity (Wildman–Crippen MR) is 93.7 cm³/mol. The minimum atomic E-state index is -0.0660. The number of thiazole rings is 2. The van der Waals surface area contributed by atoms with E-state index < -0.39 is 0 Å². The van der Waals surface area contributed by atoms with Gasteiger partial charge in [0.25, 0.3) is 0 Å². The number of nitrogens with zero attached hydrogens (tertiary/aromatic N) is 3. The number of unbranched alkanes of at least 4 members (excludes halogenated alkanes) is 1. The third-order valence-electron chi connectivity index (χ3n) is 2.98. The summed E-state index contributed by atoms with van der Waals surface area (Å²) in [6, 6.07) is 0. The fourth-order valence-corrected chi connectivity index (χ4v) is 3.49. The van der Waals surface area contributed by atoms with E-state index in [1.165, 1.54) is 29.6 Å². The maximum Gasteiger partial charge on any atom is 0.211 e. The second-order valence-electron chi connectivity index (χ2n) is 4.66. The molecule has 2 aromatic heterocycles. The molecule has 6 nitrogen and oxygen atoms in total. The van der Waals surface area contributed by atoms with Crippen molar-refractivity contribution in [3.63, 3.8) is 0 Å². The number of Topliss-reactive ketones (excluding diaryl/α,β-unsaturated/α-hetero) is 1. The molecule has 0 amide bonds. The number of rotatable bonds is 8. The average Bonchev–Trinajstić information content (AvgIpc) is 3.10. The average molecular weight is 337 g/mol. The SMILES string of the molecule is C=Nc1nc(-c2nc(C(C)=O)sc2CN)c(NCCCC)s1. The molecule has 0 aliphatic carbocycles. The number of carbonyl (C=O) groups is 1. The fraction of sp³-hybridized carbons (Fsp3) is 0.429. The molecule has 0 aromatic carbocycles. The minimum absolute atomic E-state index is 0.0660. The van der Waals surface area contributed by atoms with Crippen molar-refractivity contribution < 1.29 is 4.79 Å². The summed E-state index contributed by atoms with van der Waals surface area (Å²) in [5.41, 5.74) is 7.16. The Kier molecular flexibility index (Phi) is 5.76. The molecule has 0 fully saturated rings. The number of nitrogens with one attached hydrogen (secondary N) is 1. The van der Waals surface area contributed by atoms with Crippen LogP contribution in [0.2, 0.25) is 0 Å². The lowest BCUT2D eigenvalue weighted by Gasteiger charge is -2.04. The summed E-state index contributed by atoms with van der Waals surface area (Å²) < 4.78 is 0. The summed E-state index contributed by atoms with van der Waals surface area (Å²) in [6.07, 6.45) is 2.17. The highest BCUT2D eigenvalue weighted by Crippen LogP contribution is 2.39. The summed E-state index contributed by atoms with van der Waals surface area (Å²) in [7, 11) is 0. The minimum Gasteiger partial charge on any atom is -0.375 e. The summed E-state index contributed by atoms with van der Waals surface area (Å²) >= 11 is 2.75. The molecule has 0 saturated heterocycles. The van der Waals surface area contributed by atoms with Gasteiger partial charge in [0.1, 0.15) is 16.4 Å². The second-order valence-corrected chi connectivity index (χ2v) is 6.72. The zero-order valence-corrected chi connectivity index (χ0v) is 14.3. The summed E-state index contributed by atoms with van der Waals surface area (Å²) in [6.45, 7) is 8.34. The number of ketones is 1. The van der Waals surface area contributed by atoms with E-state index in [0.29, 0.717) is 28.1 Å². The molecule has 0 saturated carbocycles. The van der Waals surface area contributed by atoms with E-state index in [2.05, 4.69) is 33.9 Å². The standard InChI is InChI=1S/C14H19N5OS2/c1-4-5-6-17-13-11(19-14(16-3)22-13)10-9(7-15)21-12(18-10)8(2)20/h17H,3-7,15H2,1-2H3. The molecule has 0 radical (unpaired) electrons. The predicted octanol–water partition coefficient (Wildman–Crippen LogP) is 3.47.